The number of H-pyrrole nitrogens is 1. The normalized spacial score (nSPS) is 23.5. The predicted molar refractivity (Wildman–Crippen MR) is 73.7 cm³/mol. The minimum atomic E-state index is 0.253. The van der Waals surface area contributed by atoms with Crippen molar-refractivity contribution in [2.24, 2.45) is 5.92 Å². The van der Waals surface area contributed by atoms with Gasteiger partial charge in [-0.05, 0) is 30.9 Å². The average Bonchev–Trinajstić information content (AvgIpc) is 2.90. The molecule has 102 valence electrons. The zero-order valence-corrected chi connectivity index (χ0v) is 11.5. The Labute approximate surface area is 113 Å². The van der Waals surface area contributed by atoms with E-state index in [2.05, 4.69) is 41.3 Å². The number of rotatable bonds is 6. The van der Waals surface area contributed by atoms with E-state index in [1.54, 1.807) is 6.20 Å². The van der Waals surface area contributed by atoms with Gasteiger partial charge in [-0.3, -0.25) is 0 Å². The molecule has 2 aromatic rings. The number of aromatic nitrogens is 2. The summed E-state index contributed by atoms with van der Waals surface area (Å²) in [5.41, 5.74) is 0. The Morgan fingerprint density at radius 2 is 2.37 bits per heavy atom. The molecule has 1 saturated carbocycles. The fourth-order valence-corrected chi connectivity index (χ4v) is 2.53. The van der Waals surface area contributed by atoms with Gasteiger partial charge in [0.15, 0.2) is 0 Å². The van der Waals surface area contributed by atoms with Crippen molar-refractivity contribution < 1.29 is 4.42 Å². The lowest BCUT2D eigenvalue weighted by Gasteiger charge is -2.13. The SMILES string of the molecule is CCC(NCc1ccc(C2CC2C)o1)c1ncc[nH]1. The van der Waals surface area contributed by atoms with Crippen LogP contribution in [0, 0.1) is 5.92 Å². The molecule has 2 N–H and O–H groups in total. The van der Waals surface area contributed by atoms with E-state index in [0.29, 0.717) is 5.92 Å². The maximum absolute atomic E-state index is 5.90. The predicted octanol–water partition coefficient (Wildman–Crippen LogP) is 3.37. The number of hydrogen-bond donors (Lipinski definition) is 2. The molecule has 0 aliphatic heterocycles. The van der Waals surface area contributed by atoms with Crippen LogP contribution in [0.1, 0.15) is 56.0 Å². The second-order valence-electron chi connectivity index (χ2n) is 5.44. The Morgan fingerprint density at radius 3 is 3.00 bits per heavy atom. The van der Waals surface area contributed by atoms with Crippen LogP contribution in [0.25, 0.3) is 0 Å². The first-order valence-electron chi connectivity index (χ1n) is 7.09. The molecule has 0 radical (unpaired) electrons. The second-order valence-corrected chi connectivity index (χ2v) is 5.44. The van der Waals surface area contributed by atoms with Crippen LogP contribution in [0.5, 0.6) is 0 Å². The number of nitrogens with zero attached hydrogens (tertiary/aromatic N) is 1. The van der Waals surface area contributed by atoms with Crippen molar-refractivity contribution in [3.05, 3.63) is 41.9 Å². The topological polar surface area (TPSA) is 53.9 Å². The van der Waals surface area contributed by atoms with Crippen molar-refractivity contribution in [1.82, 2.24) is 15.3 Å². The summed E-state index contributed by atoms with van der Waals surface area (Å²) in [4.78, 5) is 7.46. The molecule has 3 atom stereocenters. The molecule has 1 aliphatic carbocycles. The van der Waals surface area contributed by atoms with Crippen molar-refractivity contribution in [1.29, 1.82) is 0 Å². The summed E-state index contributed by atoms with van der Waals surface area (Å²) in [6.45, 7) is 5.18. The van der Waals surface area contributed by atoms with Crippen molar-refractivity contribution in [2.75, 3.05) is 0 Å². The van der Waals surface area contributed by atoms with Gasteiger partial charge < -0.3 is 14.7 Å². The van der Waals surface area contributed by atoms with Gasteiger partial charge in [0.05, 0.1) is 12.6 Å². The molecular formula is C15H21N3O. The lowest BCUT2D eigenvalue weighted by molar-refractivity contribution is 0.414. The molecule has 1 aliphatic rings. The molecule has 19 heavy (non-hydrogen) atoms. The van der Waals surface area contributed by atoms with E-state index < -0.39 is 0 Å². The van der Waals surface area contributed by atoms with Gasteiger partial charge in [0.2, 0.25) is 0 Å². The third-order valence-corrected chi connectivity index (χ3v) is 3.94. The Balaban J connectivity index is 1.57. The molecule has 1 fully saturated rings. The molecule has 0 aromatic carbocycles. The summed E-state index contributed by atoms with van der Waals surface area (Å²) in [5, 5.41) is 3.48. The fourth-order valence-electron chi connectivity index (χ4n) is 2.53. The van der Waals surface area contributed by atoms with E-state index in [1.807, 2.05) is 6.20 Å². The van der Waals surface area contributed by atoms with Gasteiger partial charge in [-0.1, -0.05) is 13.8 Å². The standard InChI is InChI=1S/C15H21N3O/c1-3-13(15-16-6-7-17-15)18-9-11-4-5-14(19-11)12-8-10(12)2/h4-7,10,12-13,18H,3,8-9H2,1-2H3,(H,16,17). The van der Waals surface area contributed by atoms with Crippen LogP contribution in [0.4, 0.5) is 0 Å². The number of imidazole rings is 1. The van der Waals surface area contributed by atoms with Gasteiger partial charge in [0, 0.05) is 18.3 Å². The van der Waals surface area contributed by atoms with E-state index in [-0.39, 0.29) is 6.04 Å². The summed E-state index contributed by atoms with van der Waals surface area (Å²) < 4.78 is 5.90. The molecule has 2 heterocycles. The van der Waals surface area contributed by atoms with Gasteiger partial charge in [-0.2, -0.15) is 0 Å². The van der Waals surface area contributed by atoms with Crippen LogP contribution < -0.4 is 5.32 Å². The van der Waals surface area contributed by atoms with Crippen LogP contribution in [0.15, 0.2) is 28.9 Å². The Bertz CT molecular complexity index is 517. The summed E-state index contributed by atoms with van der Waals surface area (Å²) in [7, 11) is 0. The highest BCUT2D eigenvalue weighted by molar-refractivity contribution is 5.17. The summed E-state index contributed by atoms with van der Waals surface area (Å²) >= 11 is 0. The summed E-state index contributed by atoms with van der Waals surface area (Å²) in [5.74, 6) is 4.60. The number of furan rings is 1. The van der Waals surface area contributed by atoms with Gasteiger partial charge in [0.25, 0.3) is 0 Å². The minimum Gasteiger partial charge on any atom is -0.464 e. The minimum absolute atomic E-state index is 0.253. The third kappa shape index (κ3) is 2.73. The molecule has 4 nitrogen and oxygen atoms in total. The highest BCUT2D eigenvalue weighted by atomic mass is 16.3. The van der Waals surface area contributed by atoms with E-state index >= 15 is 0 Å². The fraction of sp³-hybridized carbons (Fsp3) is 0.533. The lowest BCUT2D eigenvalue weighted by Crippen LogP contribution is -2.21. The average molecular weight is 259 g/mol. The molecule has 2 aromatic heterocycles. The molecule has 3 unspecified atom stereocenters. The Hall–Kier alpha value is -1.55. The molecule has 4 heteroatoms. The first kappa shape index (κ1) is 12.5. The highest BCUT2D eigenvalue weighted by Crippen LogP contribution is 2.47. The lowest BCUT2D eigenvalue weighted by atomic mass is 10.2. The zero-order valence-electron chi connectivity index (χ0n) is 11.5. The maximum Gasteiger partial charge on any atom is 0.123 e. The zero-order chi connectivity index (χ0) is 13.2. The quantitative estimate of drug-likeness (QED) is 0.836. The smallest absolute Gasteiger partial charge is 0.123 e. The van der Waals surface area contributed by atoms with Crippen LogP contribution in [-0.4, -0.2) is 9.97 Å². The van der Waals surface area contributed by atoms with Crippen molar-refractivity contribution in [3.8, 4) is 0 Å². The van der Waals surface area contributed by atoms with Gasteiger partial charge >= 0.3 is 0 Å². The number of aromatic amines is 1. The van der Waals surface area contributed by atoms with Crippen LogP contribution in [-0.2, 0) is 6.54 Å². The summed E-state index contributed by atoms with van der Waals surface area (Å²) in [6.07, 6.45) is 5.92. The number of nitrogens with one attached hydrogen (secondary N) is 2. The van der Waals surface area contributed by atoms with Crippen LogP contribution >= 0.6 is 0 Å². The first-order chi connectivity index (χ1) is 9.28. The van der Waals surface area contributed by atoms with E-state index in [9.17, 15) is 0 Å². The van der Waals surface area contributed by atoms with Crippen molar-refractivity contribution in [3.63, 3.8) is 0 Å². The highest BCUT2D eigenvalue weighted by Gasteiger charge is 2.36. The van der Waals surface area contributed by atoms with Crippen molar-refractivity contribution in [2.45, 2.75) is 45.2 Å². The van der Waals surface area contributed by atoms with Gasteiger partial charge in [-0.25, -0.2) is 4.98 Å². The third-order valence-electron chi connectivity index (χ3n) is 3.94. The largest absolute Gasteiger partial charge is 0.464 e. The maximum atomic E-state index is 5.90. The van der Waals surface area contributed by atoms with Crippen molar-refractivity contribution >= 4 is 0 Å². The number of hydrogen-bond acceptors (Lipinski definition) is 3. The monoisotopic (exact) mass is 259 g/mol. The first-order valence-corrected chi connectivity index (χ1v) is 7.09. The Morgan fingerprint density at radius 1 is 1.53 bits per heavy atom. The van der Waals surface area contributed by atoms with Gasteiger partial charge in [-0.15, -0.1) is 0 Å². The van der Waals surface area contributed by atoms with E-state index in [1.165, 1.54) is 6.42 Å². The summed E-state index contributed by atoms with van der Waals surface area (Å²) in [6, 6.07) is 4.46. The molecule has 0 amide bonds. The molecule has 0 bridgehead atoms. The van der Waals surface area contributed by atoms with Gasteiger partial charge in [0.1, 0.15) is 17.3 Å². The molecular weight excluding hydrogens is 238 g/mol. The Kier molecular flexibility index (Phi) is 3.42. The van der Waals surface area contributed by atoms with Crippen LogP contribution in [0.3, 0.4) is 0 Å². The van der Waals surface area contributed by atoms with Crippen LogP contribution in [0.2, 0.25) is 0 Å². The second kappa shape index (κ2) is 5.21. The molecule has 3 rings (SSSR count). The van der Waals surface area contributed by atoms with E-state index in [0.717, 1.165) is 36.2 Å². The van der Waals surface area contributed by atoms with E-state index in [4.69, 9.17) is 4.42 Å². The molecule has 0 spiro atoms. The molecule has 0 saturated heterocycles.